The lowest BCUT2D eigenvalue weighted by Crippen LogP contribution is -2.09. The number of rotatable bonds is 2. The lowest BCUT2D eigenvalue weighted by molar-refractivity contribution is 0.476. The van der Waals surface area contributed by atoms with Crippen LogP contribution < -0.4 is 5.73 Å². The summed E-state index contributed by atoms with van der Waals surface area (Å²) in [7, 11) is 0. The minimum Gasteiger partial charge on any atom is -0.508 e. The zero-order valence-corrected chi connectivity index (χ0v) is 8.77. The second-order valence-electron chi connectivity index (χ2n) is 3.89. The third-order valence-corrected chi connectivity index (χ3v) is 2.78. The van der Waals surface area contributed by atoms with Crippen molar-refractivity contribution < 1.29 is 5.11 Å². The topological polar surface area (TPSA) is 46.2 Å². The molecule has 0 radical (unpaired) electrons. The van der Waals surface area contributed by atoms with E-state index in [1.165, 1.54) is 10.9 Å². The van der Waals surface area contributed by atoms with Crippen molar-refractivity contribution in [1.82, 2.24) is 0 Å². The number of benzene rings is 2. The van der Waals surface area contributed by atoms with Crippen LogP contribution >= 0.6 is 0 Å². The van der Waals surface area contributed by atoms with Gasteiger partial charge in [0, 0.05) is 0 Å². The molecule has 0 aromatic heterocycles. The molecule has 1 atom stereocenters. The fourth-order valence-electron chi connectivity index (χ4n) is 1.85. The van der Waals surface area contributed by atoms with E-state index < -0.39 is 0 Å². The lowest BCUT2D eigenvalue weighted by atomic mass is 9.95. The molecule has 0 spiro atoms. The quantitative estimate of drug-likeness (QED) is 0.784. The minimum atomic E-state index is 0.306. The molecule has 0 fully saturated rings. The Bertz CT molecular complexity index is 479. The molecule has 0 saturated carbocycles. The Morgan fingerprint density at radius 1 is 1.27 bits per heavy atom. The summed E-state index contributed by atoms with van der Waals surface area (Å²) in [6.45, 7) is 2.75. The number of phenols is 1. The van der Waals surface area contributed by atoms with Gasteiger partial charge in [0.15, 0.2) is 0 Å². The second-order valence-corrected chi connectivity index (χ2v) is 3.89. The van der Waals surface area contributed by atoms with Crippen LogP contribution in [0.25, 0.3) is 10.8 Å². The Morgan fingerprint density at radius 2 is 2.07 bits per heavy atom. The van der Waals surface area contributed by atoms with Crippen LogP contribution in [0, 0.1) is 0 Å². The van der Waals surface area contributed by atoms with Crippen LogP contribution in [0.1, 0.15) is 18.4 Å². The van der Waals surface area contributed by atoms with Gasteiger partial charge >= 0.3 is 0 Å². The van der Waals surface area contributed by atoms with Gasteiger partial charge in [-0.05, 0) is 40.9 Å². The highest BCUT2D eigenvalue weighted by Crippen LogP contribution is 2.27. The van der Waals surface area contributed by atoms with Crippen LogP contribution in [0.4, 0.5) is 0 Å². The molecule has 1 unspecified atom stereocenters. The maximum atomic E-state index is 9.39. The van der Waals surface area contributed by atoms with Gasteiger partial charge in [-0.3, -0.25) is 0 Å². The van der Waals surface area contributed by atoms with Gasteiger partial charge in [-0.25, -0.2) is 0 Å². The average Bonchev–Trinajstić information content (AvgIpc) is 2.26. The summed E-state index contributed by atoms with van der Waals surface area (Å²) in [4.78, 5) is 0. The molecule has 78 valence electrons. The van der Waals surface area contributed by atoms with Gasteiger partial charge in [-0.2, -0.15) is 0 Å². The molecule has 0 saturated heterocycles. The molecule has 2 heteroatoms. The standard InChI is InChI=1S/C13H15NO/c1-9(8-14)12-4-2-3-10-7-11(15)5-6-13(10)12/h2-7,9,15H,8,14H2,1H3. The molecule has 2 aromatic carbocycles. The van der Waals surface area contributed by atoms with E-state index in [2.05, 4.69) is 13.0 Å². The predicted molar refractivity (Wildman–Crippen MR) is 63.1 cm³/mol. The van der Waals surface area contributed by atoms with Crippen molar-refractivity contribution in [2.75, 3.05) is 6.54 Å². The van der Waals surface area contributed by atoms with Crippen molar-refractivity contribution in [2.45, 2.75) is 12.8 Å². The zero-order chi connectivity index (χ0) is 10.8. The summed E-state index contributed by atoms with van der Waals surface area (Å²) in [6.07, 6.45) is 0. The van der Waals surface area contributed by atoms with Crippen molar-refractivity contribution in [3.63, 3.8) is 0 Å². The fourth-order valence-corrected chi connectivity index (χ4v) is 1.85. The Kier molecular flexibility index (Phi) is 2.60. The number of hydrogen-bond acceptors (Lipinski definition) is 2. The smallest absolute Gasteiger partial charge is 0.116 e. The fraction of sp³-hybridized carbons (Fsp3) is 0.231. The molecule has 0 aliphatic carbocycles. The summed E-state index contributed by atoms with van der Waals surface area (Å²) in [5, 5.41) is 11.6. The van der Waals surface area contributed by atoms with Crippen molar-refractivity contribution in [3.8, 4) is 5.75 Å². The molecule has 0 aliphatic heterocycles. The molecule has 0 amide bonds. The molecule has 2 aromatic rings. The maximum Gasteiger partial charge on any atom is 0.116 e. The summed E-state index contributed by atoms with van der Waals surface area (Å²) in [5.41, 5.74) is 6.92. The molecule has 2 rings (SSSR count). The summed E-state index contributed by atoms with van der Waals surface area (Å²) in [6, 6.07) is 11.5. The first kappa shape index (κ1) is 9.99. The minimum absolute atomic E-state index is 0.306. The van der Waals surface area contributed by atoms with E-state index in [9.17, 15) is 5.11 Å². The number of aromatic hydroxyl groups is 1. The second kappa shape index (κ2) is 3.91. The highest BCUT2D eigenvalue weighted by Gasteiger charge is 2.07. The van der Waals surface area contributed by atoms with Crippen LogP contribution in [-0.2, 0) is 0 Å². The van der Waals surface area contributed by atoms with Crippen molar-refractivity contribution in [1.29, 1.82) is 0 Å². The molecular formula is C13H15NO. The summed E-state index contributed by atoms with van der Waals surface area (Å²) >= 11 is 0. The first-order valence-electron chi connectivity index (χ1n) is 5.14. The van der Waals surface area contributed by atoms with E-state index in [-0.39, 0.29) is 0 Å². The van der Waals surface area contributed by atoms with E-state index in [1.807, 2.05) is 18.2 Å². The number of phenolic OH excluding ortho intramolecular Hbond substituents is 1. The molecule has 2 nitrogen and oxygen atoms in total. The van der Waals surface area contributed by atoms with Crippen LogP contribution in [0.2, 0.25) is 0 Å². The van der Waals surface area contributed by atoms with E-state index in [4.69, 9.17) is 5.73 Å². The van der Waals surface area contributed by atoms with Crippen molar-refractivity contribution in [3.05, 3.63) is 42.0 Å². The molecule has 15 heavy (non-hydrogen) atoms. The largest absolute Gasteiger partial charge is 0.508 e. The number of hydrogen-bond donors (Lipinski definition) is 2. The van der Waals surface area contributed by atoms with Crippen LogP contribution in [0.3, 0.4) is 0 Å². The van der Waals surface area contributed by atoms with Crippen molar-refractivity contribution >= 4 is 10.8 Å². The SMILES string of the molecule is CC(CN)c1cccc2cc(O)ccc12. The average molecular weight is 201 g/mol. The third kappa shape index (κ3) is 1.81. The molecule has 0 bridgehead atoms. The molecule has 3 N–H and O–H groups in total. The monoisotopic (exact) mass is 201 g/mol. The van der Waals surface area contributed by atoms with Gasteiger partial charge in [0.1, 0.15) is 5.75 Å². The van der Waals surface area contributed by atoms with Gasteiger partial charge in [0.25, 0.3) is 0 Å². The van der Waals surface area contributed by atoms with Gasteiger partial charge in [-0.1, -0.05) is 31.2 Å². The first-order chi connectivity index (χ1) is 7.22. The predicted octanol–water partition coefficient (Wildman–Crippen LogP) is 2.61. The van der Waals surface area contributed by atoms with Gasteiger partial charge in [0.05, 0.1) is 0 Å². The Labute approximate surface area is 89.3 Å². The van der Waals surface area contributed by atoms with E-state index in [1.54, 1.807) is 12.1 Å². The van der Waals surface area contributed by atoms with E-state index in [0.29, 0.717) is 18.2 Å². The molecule has 0 heterocycles. The van der Waals surface area contributed by atoms with Gasteiger partial charge < -0.3 is 10.8 Å². The highest BCUT2D eigenvalue weighted by molar-refractivity contribution is 5.87. The molecule has 0 aliphatic rings. The molecular weight excluding hydrogens is 186 g/mol. The first-order valence-corrected chi connectivity index (χ1v) is 5.14. The number of nitrogens with two attached hydrogens (primary N) is 1. The maximum absolute atomic E-state index is 9.39. The van der Waals surface area contributed by atoms with Crippen LogP contribution in [0.5, 0.6) is 5.75 Å². The normalized spacial score (nSPS) is 12.9. The zero-order valence-electron chi connectivity index (χ0n) is 8.77. The highest BCUT2D eigenvalue weighted by atomic mass is 16.3. The summed E-state index contributed by atoms with van der Waals surface area (Å²) in [5.74, 6) is 0.651. The van der Waals surface area contributed by atoms with Gasteiger partial charge in [-0.15, -0.1) is 0 Å². The Balaban J connectivity index is 2.66. The van der Waals surface area contributed by atoms with E-state index >= 15 is 0 Å². The van der Waals surface area contributed by atoms with Crippen LogP contribution in [-0.4, -0.2) is 11.7 Å². The lowest BCUT2D eigenvalue weighted by Gasteiger charge is -2.12. The van der Waals surface area contributed by atoms with E-state index in [0.717, 1.165) is 5.39 Å². The van der Waals surface area contributed by atoms with Gasteiger partial charge in [0.2, 0.25) is 0 Å². The van der Waals surface area contributed by atoms with Crippen molar-refractivity contribution in [2.24, 2.45) is 5.73 Å². The Morgan fingerprint density at radius 3 is 2.80 bits per heavy atom. The van der Waals surface area contributed by atoms with Crippen LogP contribution in [0.15, 0.2) is 36.4 Å². The summed E-state index contributed by atoms with van der Waals surface area (Å²) < 4.78 is 0. The Hall–Kier alpha value is -1.54. The number of fused-ring (bicyclic) bond motifs is 1. The third-order valence-electron chi connectivity index (χ3n) is 2.78.